The number of sulfonamides is 1. The van der Waals surface area contributed by atoms with Crippen molar-refractivity contribution in [2.24, 2.45) is 0 Å². The SMILES string of the molecule is CCCn1c(CCC(=O)Nc2ccc(CC)cc2)nc2cc(S(=O)(=O)N3CCOCC3)ccc21. The summed E-state index contributed by atoms with van der Waals surface area (Å²) in [5, 5.41) is 2.94. The lowest BCUT2D eigenvalue weighted by molar-refractivity contribution is -0.116. The lowest BCUT2D eigenvalue weighted by Gasteiger charge is -2.26. The van der Waals surface area contributed by atoms with Crippen molar-refractivity contribution in [1.29, 1.82) is 0 Å². The summed E-state index contributed by atoms with van der Waals surface area (Å²) in [6.45, 7) is 6.44. The molecular formula is C25H32N4O4S. The van der Waals surface area contributed by atoms with Crippen molar-refractivity contribution >= 4 is 32.7 Å². The molecule has 8 nitrogen and oxygen atoms in total. The summed E-state index contributed by atoms with van der Waals surface area (Å²) in [6.07, 6.45) is 2.63. The molecule has 182 valence electrons. The number of carbonyl (C=O) groups is 1. The Morgan fingerprint density at radius 2 is 1.82 bits per heavy atom. The number of hydrogen-bond acceptors (Lipinski definition) is 5. The third-order valence-corrected chi connectivity index (χ3v) is 7.97. The van der Waals surface area contributed by atoms with Crippen molar-refractivity contribution in [3.63, 3.8) is 0 Å². The molecule has 1 amide bonds. The zero-order valence-electron chi connectivity index (χ0n) is 19.8. The van der Waals surface area contributed by atoms with Gasteiger partial charge in [-0.2, -0.15) is 4.31 Å². The van der Waals surface area contributed by atoms with Crippen LogP contribution in [0.4, 0.5) is 5.69 Å². The van der Waals surface area contributed by atoms with E-state index in [1.165, 1.54) is 9.87 Å². The molecule has 1 aliphatic rings. The zero-order chi connectivity index (χ0) is 24.1. The van der Waals surface area contributed by atoms with E-state index in [-0.39, 0.29) is 10.8 Å². The molecule has 0 spiro atoms. The fraction of sp³-hybridized carbons (Fsp3) is 0.440. The van der Waals surface area contributed by atoms with Gasteiger partial charge in [0.05, 0.1) is 29.1 Å². The van der Waals surface area contributed by atoms with E-state index in [0.29, 0.717) is 44.7 Å². The molecule has 0 saturated carbocycles. The summed E-state index contributed by atoms with van der Waals surface area (Å²) < 4.78 is 35.0. The third kappa shape index (κ3) is 5.32. The number of hydrogen-bond donors (Lipinski definition) is 1. The number of fused-ring (bicyclic) bond motifs is 1. The summed E-state index contributed by atoms with van der Waals surface area (Å²) >= 11 is 0. The number of morpholine rings is 1. The van der Waals surface area contributed by atoms with Gasteiger partial charge in [-0.05, 0) is 48.7 Å². The molecule has 0 radical (unpaired) electrons. The van der Waals surface area contributed by atoms with Crippen molar-refractivity contribution in [2.75, 3.05) is 31.6 Å². The zero-order valence-corrected chi connectivity index (χ0v) is 20.6. The standard InChI is InChI=1S/C25H32N4O4S/c1-3-13-29-23-10-9-21(34(31,32)28-14-16-33-17-15-28)18-22(23)27-24(29)11-12-25(30)26-20-7-5-19(4-2)6-8-20/h5-10,18H,3-4,11-17H2,1-2H3,(H,26,30). The fourth-order valence-electron chi connectivity index (χ4n) is 4.19. The Hall–Kier alpha value is -2.75. The summed E-state index contributed by atoms with van der Waals surface area (Å²) in [5.41, 5.74) is 3.52. The van der Waals surface area contributed by atoms with Crippen LogP contribution in [0.25, 0.3) is 11.0 Å². The number of imidazole rings is 1. The summed E-state index contributed by atoms with van der Waals surface area (Å²) in [5.74, 6) is 0.712. The van der Waals surface area contributed by atoms with E-state index in [4.69, 9.17) is 9.72 Å². The molecule has 1 aromatic heterocycles. The van der Waals surface area contributed by atoms with Crippen LogP contribution in [0.1, 0.15) is 38.1 Å². The van der Waals surface area contributed by atoms with Crippen molar-refractivity contribution in [3.8, 4) is 0 Å². The number of aryl methyl sites for hydroxylation is 3. The van der Waals surface area contributed by atoms with Crippen LogP contribution in [0.5, 0.6) is 0 Å². The third-order valence-electron chi connectivity index (χ3n) is 6.08. The predicted molar refractivity (Wildman–Crippen MR) is 132 cm³/mol. The van der Waals surface area contributed by atoms with Crippen molar-refractivity contribution in [1.82, 2.24) is 13.9 Å². The summed E-state index contributed by atoms with van der Waals surface area (Å²) in [4.78, 5) is 17.5. The number of anilines is 1. The van der Waals surface area contributed by atoms with Crippen LogP contribution in [0, 0.1) is 0 Å². The molecule has 1 N–H and O–H groups in total. The highest BCUT2D eigenvalue weighted by Crippen LogP contribution is 2.24. The minimum atomic E-state index is -3.59. The molecule has 1 fully saturated rings. The van der Waals surface area contributed by atoms with Crippen LogP contribution in [0.15, 0.2) is 47.4 Å². The molecule has 0 aliphatic carbocycles. The monoisotopic (exact) mass is 484 g/mol. The molecule has 9 heteroatoms. The van der Waals surface area contributed by atoms with Gasteiger partial charge in [-0.1, -0.05) is 26.0 Å². The molecule has 0 atom stereocenters. The summed E-state index contributed by atoms with van der Waals surface area (Å²) in [7, 11) is -3.59. The maximum absolute atomic E-state index is 13.1. The van der Waals surface area contributed by atoms with Crippen molar-refractivity contribution < 1.29 is 17.9 Å². The molecule has 3 aromatic rings. The quantitative estimate of drug-likeness (QED) is 0.501. The largest absolute Gasteiger partial charge is 0.379 e. The Morgan fingerprint density at radius 3 is 2.50 bits per heavy atom. The van der Waals surface area contributed by atoms with Gasteiger partial charge in [0.2, 0.25) is 15.9 Å². The van der Waals surface area contributed by atoms with E-state index in [9.17, 15) is 13.2 Å². The molecule has 1 saturated heterocycles. The number of aromatic nitrogens is 2. The second kappa shape index (κ2) is 10.7. The molecule has 4 rings (SSSR count). The number of nitrogens with zero attached hydrogens (tertiary/aromatic N) is 3. The van der Waals surface area contributed by atoms with Crippen LogP contribution in [0.2, 0.25) is 0 Å². The van der Waals surface area contributed by atoms with E-state index >= 15 is 0 Å². The maximum atomic E-state index is 13.1. The second-order valence-corrected chi connectivity index (χ2v) is 10.4. The second-order valence-electron chi connectivity index (χ2n) is 8.45. The van der Waals surface area contributed by atoms with Gasteiger partial charge >= 0.3 is 0 Å². The number of ether oxygens (including phenoxy) is 1. The van der Waals surface area contributed by atoms with Gasteiger partial charge in [0.15, 0.2) is 0 Å². The van der Waals surface area contributed by atoms with Gasteiger partial charge in [-0.3, -0.25) is 4.79 Å². The van der Waals surface area contributed by atoms with Crippen LogP contribution >= 0.6 is 0 Å². The van der Waals surface area contributed by atoms with Gasteiger partial charge < -0.3 is 14.6 Å². The Labute approximate surface area is 201 Å². The van der Waals surface area contributed by atoms with E-state index in [1.807, 2.05) is 30.3 Å². The van der Waals surface area contributed by atoms with E-state index in [1.54, 1.807) is 12.1 Å². The minimum Gasteiger partial charge on any atom is -0.379 e. The van der Waals surface area contributed by atoms with Crippen LogP contribution in [-0.4, -0.2) is 54.5 Å². The lowest BCUT2D eigenvalue weighted by atomic mass is 10.1. The molecule has 2 heterocycles. The van der Waals surface area contributed by atoms with Gasteiger partial charge in [-0.25, -0.2) is 13.4 Å². The van der Waals surface area contributed by atoms with Crippen LogP contribution < -0.4 is 5.32 Å². The smallest absolute Gasteiger partial charge is 0.243 e. The predicted octanol–water partition coefficient (Wildman–Crippen LogP) is 3.60. The number of amides is 1. The van der Waals surface area contributed by atoms with E-state index < -0.39 is 10.0 Å². The molecule has 34 heavy (non-hydrogen) atoms. The van der Waals surface area contributed by atoms with Crippen LogP contribution in [0.3, 0.4) is 0 Å². The number of carbonyl (C=O) groups excluding carboxylic acids is 1. The minimum absolute atomic E-state index is 0.0741. The van der Waals surface area contributed by atoms with Gasteiger partial charge in [0, 0.05) is 38.2 Å². The molecular weight excluding hydrogens is 452 g/mol. The highest BCUT2D eigenvalue weighted by Gasteiger charge is 2.27. The van der Waals surface area contributed by atoms with Gasteiger partial charge in [0.1, 0.15) is 5.82 Å². The Morgan fingerprint density at radius 1 is 1.09 bits per heavy atom. The first kappa shape index (κ1) is 24.4. The first-order valence-electron chi connectivity index (χ1n) is 11.9. The highest BCUT2D eigenvalue weighted by atomic mass is 32.2. The Balaban J connectivity index is 1.52. The van der Waals surface area contributed by atoms with Crippen molar-refractivity contribution in [3.05, 3.63) is 53.9 Å². The lowest BCUT2D eigenvalue weighted by Crippen LogP contribution is -2.40. The molecule has 0 unspecified atom stereocenters. The highest BCUT2D eigenvalue weighted by molar-refractivity contribution is 7.89. The first-order chi connectivity index (χ1) is 16.4. The van der Waals surface area contributed by atoms with Crippen molar-refractivity contribution in [2.45, 2.75) is 51.0 Å². The average molecular weight is 485 g/mol. The van der Waals surface area contributed by atoms with Gasteiger partial charge in [-0.15, -0.1) is 0 Å². The Kier molecular flexibility index (Phi) is 7.65. The van der Waals surface area contributed by atoms with E-state index in [0.717, 1.165) is 36.4 Å². The summed E-state index contributed by atoms with van der Waals surface area (Å²) in [6, 6.07) is 13.0. The van der Waals surface area contributed by atoms with E-state index in [2.05, 4.69) is 23.7 Å². The molecule has 2 aromatic carbocycles. The van der Waals surface area contributed by atoms with Crippen LogP contribution in [-0.2, 0) is 38.9 Å². The normalized spacial score (nSPS) is 15.0. The number of benzene rings is 2. The average Bonchev–Trinajstić information content (AvgIpc) is 3.20. The first-order valence-corrected chi connectivity index (χ1v) is 13.3. The Bertz CT molecular complexity index is 1250. The molecule has 1 aliphatic heterocycles. The topological polar surface area (TPSA) is 93.5 Å². The maximum Gasteiger partial charge on any atom is 0.243 e. The van der Waals surface area contributed by atoms with Gasteiger partial charge in [0.25, 0.3) is 0 Å². The number of nitrogens with one attached hydrogen (secondary N) is 1. The molecule has 0 bridgehead atoms. The number of rotatable bonds is 9. The fourth-order valence-corrected chi connectivity index (χ4v) is 5.62.